The van der Waals surface area contributed by atoms with Gasteiger partial charge in [0.25, 0.3) is 10.1 Å². The molecule has 1 aliphatic heterocycles. The van der Waals surface area contributed by atoms with Crippen LogP contribution in [-0.4, -0.2) is 43.5 Å². The zero-order valence-corrected chi connectivity index (χ0v) is 16.9. The number of quaternary nitrogens is 1. The van der Waals surface area contributed by atoms with Crippen molar-refractivity contribution in [1.82, 2.24) is 4.48 Å². The van der Waals surface area contributed by atoms with Gasteiger partial charge in [-0.1, -0.05) is 18.2 Å². The molecule has 2 aromatic rings. The lowest BCUT2D eigenvalue weighted by molar-refractivity contribution is 0.291. The normalized spacial score (nSPS) is 20.8. The fraction of sp³-hybridized carbons (Fsp3) is 0.400. The number of hydrogen-bond acceptors (Lipinski definition) is 5. The predicted octanol–water partition coefficient (Wildman–Crippen LogP) is 4.36. The minimum Gasteiger partial charge on any atom is -0.503 e. The smallest absolute Gasteiger partial charge is 0.267 e. The molecule has 28 heavy (non-hydrogen) atoms. The van der Waals surface area contributed by atoms with Crippen LogP contribution in [-0.2, 0) is 16.5 Å². The van der Waals surface area contributed by atoms with Gasteiger partial charge < -0.3 is 5.11 Å². The van der Waals surface area contributed by atoms with Crippen molar-refractivity contribution in [2.75, 3.05) is 20.1 Å². The number of phenols is 1. The van der Waals surface area contributed by atoms with Crippen molar-refractivity contribution in [2.45, 2.75) is 31.4 Å². The summed E-state index contributed by atoms with van der Waals surface area (Å²) >= 11 is 0. The van der Waals surface area contributed by atoms with Gasteiger partial charge in [-0.3, -0.25) is 9.04 Å². The van der Waals surface area contributed by atoms with E-state index in [-0.39, 0.29) is 5.75 Å². The molecule has 7 nitrogen and oxygen atoms in total. The molecule has 2 N–H and O–H groups in total. The largest absolute Gasteiger partial charge is 0.503 e. The van der Waals surface area contributed by atoms with E-state index in [0.29, 0.717) is 23.1 Å². The first kappa shape index (κ1) is 20.4. The number of azo groups is 1. The predicted molar refractivity (Wildman–Crippen MR) is 110 cm³/mol. The molecule has 0 fully saturated rings. The highest BCUT2D eigenvalue weighted by atomic mass is 32.2. The summed E-state index contributed by atoms with van der Waals surface area (Å²) in [7, 11) is -2.09. The Morgan fingerprint density at radius 2 is 1.86 bits per heavy atom. The lowest BCUT2D eigenvalue weighted by Crippen LogP contribution is -2.50. The molecule has 1 heterocycles. The van der Waals surface area contributed by atoms with Crippen LogP contribution in [0.1, 0.15) is 25.3 Å². The van der Waals surface area contributed by atoms with Crippen LogP contribution in [0.5, 0.6) is 5.75 Å². The van der Waals surface area contributed by atoms with Gasteiger partial charge in [0.2, 0.25) is 0 Å². The molecule has 0 aliphatic carbocycles. The van der Waals surface area contributed by atoms with Crippen molar-refractivity contribution in [1.29, 1.82) is 0 Å². The number of nitrogens with zero attached hydrogens (tertiary/aromatic N) is 3. The maximum atomic E-state index is 11.4. The van der Waals surface area contributed by atoms with E-state index in [0.717, 1.165) is 36.3 Å². The maximum Gasteiger partial charge on any atom is 0.267 e. The summed E-state index contributed by atoms with van der Waals surface area (Å²) in [6.07, 6.45) is 1.96. The monoisotopic (exact) mass is 404 g/mol. The molecular formula is C20H26N3O4S+. The zero-order valence-electron chi connectivity index (χ0n) is 16.1. The fourth-order valence-corrected chi connectivity index (χ4v) is 4.12. The molecule has 0 bridgehead atoms. The second kappa shape index (κ2) is 7.98. The van der Waals surface area contributed by atoms with Gasteiger partial charge in [-0.05, 0) is 37.6 Å². The van der Waals surface area contributed by atoms with Crippen molar-refractivity contribution in [3.8, 4) is 5.75 Å². The molecule has 2 atom stereocenters. The molecule has 0 spiro atoms. The molecule has 1 aliphatic rings. The SMILES string of the molecule is CC(CC[N+]1(C)CCCc2c(N=Nc3ccccc3)ccc(O)c21)S(=O)(=O)O. The van der Waals surface area contributed by atoms with Gasteiger partial charge in [0.1, 0.15) is 0 Å². The zero-order chi connectivity index (χ0) is 20.4. The van der Waals surface area contributed by atoms with Crippen LogP contribution in [0.2, 0.25) is 0 Å². The average molecular weight is 405 g/mol. The van der Waals surface area contributed by atoms with Gasteiger partial charge in [0.05, 0.1) is 36.8 Å². The highest BCUT2D eigenvalue weighted by Gasteiger charge is 2.37. The van der Waals surface area contributed by atoms with E-state index in [1.54, 1.807) is 12.1 Å². The number of phenolic OH excluding ortho intramolecular Hbond substituents is 1. The summed E-state index contributed by atoms with van der Waals surface area (Å²) in [5.41, 5.74) is 3.16. The first-order valence-corrected chi connectivity index (χ1v) is 10.8. The lowest BCUT2D eigenvalue weighted by atomic mass is 9.96. The molecule has 8 heteroatoms. The minimum absolute atomic E-state index is 0.176. The maximum absolute atomic E-state index is 11.4. The van der Waals surface area contributed by atoms with Gasteiger partial charge >= 0.3 is 0 Å². The summed E-state index contributed by atoms with van der Waals surface area (Å²) in [5, 5.41) is 18.4. The van der Waals surface area contributed by atoms with E-state index < -0.39 is 15.4 Å². The van der Waals surface area contributed by atoms with E-state index in [1.807, 2.05) is 37.4 Å². The Kier molecular flexibility index (Phi) is 5.83. The van der Waals surface area contributed by atoms with Gasteiger partial charge in [0, 0.05) is 18.4 Å². The lowest BCUT2D eigenvalue weighted by Gasteiger charge is -2.39. The molecule has 0 aromatic heterocycles. The Morgan fingerprint density at radius 1 is 1.14 bits per heavy atom. The fourth-order valence-electron chi connectivity index (χ4n) is 3.72. The molecule has 2 aromatic carbocycles. The first-order chi connectivity index (χ1) is 13.2. The van der Waals surface area contributed by atoms with Gasteiger partial charge in [-0.15, -0.1) is 0 Å². The number of fused-ring (bicyclic) bond motifs is 1. The third kappa shape index (κ3) is 4.40. The average Bonchev–Trinajstić information content (AvgIpc) is 2.66. The highest BCUT2D eigenvalue weighted by molar-refractivity contribution is 7.86. The Morgan fingerprint density at radius 3 is 2.54 bits per heavy atom. The van der Waals surface area contributed by atoms with E-state index in [2.05, 4.69) is 10.2 Å². The summed E-state index contributed by atoms with van der Waals surface area (Å²) in [6, 6.07) is 12.8. The summed E-state index contributed by atoms with van der Waals surface area (Å²) in [4.78, 5) is 0. The Bertz CT molecular complexity index is 976. The third-order valence-corrected chi connectivity index (χ3v) is 6.67. The van der Waals surface area contributed by atoms with Gasteiger partial charge in [-0.2, -0.15) is 18.6 Å². The first-order valence-electron chi connectivity index (χ1n) is 9.34. The quantitative estimate of drug-likeness (QED) is 0.424. The second-order valence-electron chi connectivity index (χ2n) is 7.53. The van der Waals surface area contributed by atoms with Crippen LogP contribution in [0, 0.1) is 0 Å². The molecule has 0 radical (unpaired) electrons. The third-order valence-electron chi connectivity index (χ3n) is 5.42. The van der Waals surface area contributed by atoms with Crippen molar-refractivity contribution in [2.24, 2.45) is 10.2 Å². The number of benzene rings is 2. The van der Waals surface area contributed by atoms with Crippen LogP contribution in [0.4, 0.5) is 17.1 Å². The topological polar surface area (TPSA) is 99.3 Å². The van der Waals surface area contributed by atoms with Crippen molar-refractivity contribution in [3.05, 3.63) is 48.0 Å². The van der Waals surface area contributed by atoms with Crippen LogP contribution in [0.15, 0.2) is 52.7 Å². The van der Waals surface area contributed by atoms with Gasteiger partial charge in [-0.25, -0.2) is 0 Å². The summed E-state index contributed by atoms with van der Waals surface area (Å²) in [6.45, 7) is 2.76. The van der Waals surface area contributed by atoms with E-state index in [4.69, 9.17) is 0 Å². The van der Waals surface area contributed by atoms with Crippen LogP contribution in [0.3, 0.4) is 0 Å². The summed E-state index contributed by atoms with van der Waals surface area (Å²) in [5.74, 6) is 0.176. The van der Waals surface area contributed by atoms with Crippen LogP contribution in [0.25, 0.3) is 0 Å². The highest BCUT2D eigenvalue weighted by Crippen LogP contribution is 2.44. The van der Waals surface area contributed by atoms with Crippen molar-refractivity contribution in [3.63, 3.8) is 0 Å². The van der Waals surface area contributed by atoms with Gasteiger partial charge in [0.15, 0.2) is 11.4 Å². The number of aromatic hydroxyl groups is 1. The summed E-state index contributed by atoms with van der Waals surface area (Å²) < 4.78 is 32.4. The Labute approximate surface area is 165 Å². The molecular weight excluding hydrogens is 378 g/mol. The molecule has 0 saturated carbocycles. The second-order valence-corrected chi connectivity index (χ2v) is 9.36. The standard InChI is InChI=1S/C20H25N3O4S/c1-15(28(25,26)27)12-14-23(2)13-6-9-17-18(10-11-19(24)20(17)23)22-21-16-7-4-3-5-8-16/h3-5,7-8,10-11,15H,6,9,12-14H2,1-2H3,(H-,21,24,25,26,27)/p+1. The minimum atomic E-state index is -4.07. The number of rotatable bonds is 6. The number of hydrogen-bond donors (Lipinski definition) is 2. The van der Waals surface area contributed by atoms with Crippen LogP contribution < -0.4 is 4.48 Å². The van der Waals surface area contributed by atoms with Crippen molar-refractivity contribution >= 4 is 27.2 Å². The molecule has 3 rings (SSSR count). The van der Waals surface area contributed by atoms with Crippen LogP contribution >= 0.6 is 0 Å². The molecule has 0 saturated heterocycles. The Balaban J connectivity index is 1.93. The molecule has 2 unspecified atom stereocenters. The Hall–Kier alpha value is -2.29. The van der Waals surface area contributed by atoms with E-state index in [1.165, 1.54) is 6.92 Å². The van der Waals surface area contributed by atoms with E-state index >= 15 is 0 Å². The molecule has 0 amide bonds. The van der Waals surface area contributed by atoms with E-state index in [9.17, 15) is 18.1 Å². The van der Waals surface area contributed by atoms with Crippen molar-refractivity contribution < 1.29 is 18.1 Å². The molecule has 150 valence electrons.